The zero-order valence-electron chi connectivity index (χ0n) is 13.0. The first-order valence-electron chi connectivity index (χ1n) is 8.59. The van der Waals surface area contributed by atoms with Crippen molar-refractivity contribution in [3.63, 3.8) is 0 Å². The van der Waals surface area contributed by atoms with E-state index in [-0.39, 0.29) is 6.10 Å². The average Bonchev–Trinajstić information content (AvgIpc) is 2.41. The minimum atomic E-state index is -0.252. The lowest BCUT2D eigenvalue weighted by atomic mass is 9.77. The van der Waals surface area contributed by atoms with Gasteiger partial charge in [0, 0.05) is 0 Å². The van der Waals surface area contributed by atoms with E-state index < -0.39 is 0 Å². The van der Waals surface area contributed by atoms with E-state index in [1.165, 1.54) is 62.5 Å². The fraction of sp³-hybridized carbons (Fsp3) is 0.684. The second kappa shape index (κ2) is 8.46. The first-order valence-corrected chi connectivity index (χ1v) is 8.59. The van der Waals surface area contributed by atoms with Crippen LogP contribution >= 0.6 is 0 Å². The third kappa shape index (κ3) is 4.34. The largest absolute Gasteiger partial charge is 0.388 e. The van der Waals surface area contributed by atoms with E-state index in [1.54, 1.807) is 0 Å². The summed E-state index contributed by atoms with van der Waals surface area (Å²) in [6, 6.07) is 8.55. The van der Waals surface area contributed by atoms with Gasteiger partial charge in [0.1, 0.15) is 0 Å². The van der Waals surface area contributed by atoms with Crippen LogP contribution in [0, 0.1) is 0 Å². The van der Waals surface area contributed by atoms with Crippen molar-refractivity contribution >= 4 is 0 Å². The van der Waals surface area contributed by atoms with Gasteiger partial charge in [-0.15, -0.1) is 0 Å². The summed E-state index contributed by atoms with van der Waals surface area (Å²) >= 11 is 0. The van der Waals surface area contributed by atoms with Crippen LogP contribution < -0.4 is 0 Å². The number of benzene rings is 1. The van der Waals surface area contributed by atoms with E-state index in [4.69, 9.17) is 0 Å². The molecule has 1 unspecified atom stereocenters. The highest BCUT2D eigenvalue weighted by Gasteiger charge is 2.23. The van der Waals surface area contributed by atoms with Gasteiger partial charge in [-0.2, -0.15) is 0 Å². The van der Waals surface area contributed by atoms with Crippen molar-refractivity contribution in [2.45, 2.75) is 83.2 Å². The summed E-state index contributed by atoms with van der Waals surface area (Å²) < 4.78 is 0. The summed E-state index contributed by atoms with van der Waals surface area (Å²) in [6.07, 6.45) is 12.4. The second-order valence-electron chi connectivity index (χ2n) is 6.33. The van der Waals surface area contributed by atoms with E-state index in [0.717, 1.165) is 12.8 Å². The summed E-state index contributed by atoms with van der Waals surface area (Å²) in [6.45, 7) is 2.25. The molecule has 0 bridgehead atoms. The van der Waals surface area contributed by atoms with Gasteiger partial charge in [-0.25, -0.2) is 0 Å². The zero-order chi connectivity index (χ0) is 14.2. The number of rotatable bonds is 9. The van der Waals surface area contributed by atoms with E-state index in [0.29, 0.717) is 5.92 Å². The molecule has 1 nitrogen and oxygen atoms in total. The highest BCUT2D eigenvalue weighted by Crippen LogP contribution is 2.40. The van der Waals surface area contributed by atoms with Crippen LogP contribution in [-0.2, 0) is 0 Å². The number of hydrogen-bond acceptors (Lipinski definition) is 1. The monoisotopic (exact) mass is 274 g/mol. The van der Waals surface area contributed by atoms with Crippen LogP contribution in [0.2, 0.25) is 0 Å². The predicted molar refractivity (Wildman–Crippen MR) is 86.0 cm³/mol. The van der Waals surface area contributed by atoms with E-state index in [9.17, 15) is 5.11 Å². The van der Waals surface area contributed by atoms with Crippen molar-refractivity contribution in [1.82, 2.24) is 0 Å². The Morgan fingerprint density at radius 1 is 1.05 bits per heavy atom. The molecule has 0 heterocycles. The molecule has 1 aliphatic rings. The summed E-state index contributed by atoms with van der Waals surface area (Å²) in [5, 5.41) is 10.5. The molecule has 0 aliphatic heterocycles. The molecule has 1 aromatic carbocycles. The fourth-order valence-corrected chi connectivity index (χ4v) is 3.18. The van der Waals surface area contributed by atoms with Crippen molar-refractivity contribution in [3.05, 3.63) is 35.4 Å². The van der Waals surface area contributed by atoms with Crippen LogP contribution in [0.25, 0.3) is 0 Å². The van der Waals surface area contributed by atoms with Crippen LogP contribution in [0.1, 0.15) is 94.3 Å². The Labute approximate surface area is 124 Å². The Balaban J connectivity index is 1.78. The van der Waals surface area contributed by atoms with E-state index in [1.807, 2.05) is 0 Å². The van der Waals surface area contributed by atoms with Gasteiger partial charge in [0.2, 0.25) is 0 Å². The van der Waals surface area contributed by atoms with Gasteiger partial charge in [-0.05, 0) is 36.3 Å². The van der Waals surface area contributed by atoms with Gasteiger partial charge in [0.25, 0.3) is 0 Å². The molecule has 0 saturated heterocycles. The third-order valence-electron chi connectivity index (χ3n) is 4.73. The topological polar surface area (TPSA) is 20.2 Å². The van der Waals surface area contributed by atoms with Gasteiger partial charge in [0.05, 0.1) is 6.10 Å². The lowest BCUT2D eigenvalue weighted by Crippen LogP contribution is -2.13. The van der Waals surface area contributed by atoms with Gasteiger partial charge in [-0.1, -0.05) is 76.1 Å². The molecule has 0 aromatic heterocycles. The molecule has 1 heteroatoms. The summed E-state index contributed by atoms with van der Waals surface area (Å²) in [7, 11) is 0. The molecule has 0 amide bonds. The van der Waals surface area contributed by atoms with E-state index >= 15 is 0 Å². The average molecular weight is 274 g/mol. The normalized spacial score (nSPS) is 16.9. The Morgan fingerprint density at radius 2 is 1.75 bits per heavy atom. The van der Waals surface area contributed by atoms with Gasteiger partial charge in [0.15, 0.2) is 0 Å². The standard InChI is InChI=1S/C19H30O/c1-2-3-4-5-6-7-15-19(20)18-14-9-8-13-17(18)16-11-10-12-16/h8-9,13-14,16,19-20H,2-7,10-12,15H2,1H3. The second-order valence-corrected chi connectivity index (χ2v) is 6.33. The minimum absolute atomic E-state index is 0.252. The first kappa shape index (κ1) is 15.6. The molecule has 1 aromatic rings. The number of hydrogen-bond donors (Lipinski definition) is 1. The molecule has 2 rings (SSSR count). The molecule has 1 atom stereocenters. The maximum Gasteiger partial charge on any atom is 0.0792 e. The molecular weight excluding hydrogens is 244 g/mol. The quantitative estimate of drug-likeness (QED) is 0.569. The van der Waals surface area contributed by atoms with Crippen LogP contribution in [0.3, 0.4) is 0 Å². The van der Waals surface area contributed by atoms with Gasteiger partial charge in [-0.3, -0.25) is 0 Å². The number of aliphatic hydroxyl groups excluding tert-OH is 1. The molecule has 1 fully saturated rings. The first-order chi connectivity index (χ1) is 9.83. The summed E-state index contributed by atoms with van der Waals surface area (Å²) in [5.41, 5.74) is 2.61. The molecular formula is C19H30O. The molecule has 1 saturated carbocycles. The van der Waals surface area contributed by atoms with Crippen molar-refractivity contribution in [2.75, 3.05) is 0 Å². The van der Waals surface area contributed by atoms with Gasteiger partial charge >= 0.3 is 0 Å². The summed E-state index contributed by atoms with van der Waals surface area (Å²) in [4.78, 5) is 0. The molecule has 1 aliphatic carbocycles. The lowest BCUT2D eigenvalue weighted by Gasteiger charge is -2.29. The molecule has 0 spiro atoms. The highest BCUT2D eigenvalue weighted by molar-refractivity contribution is 5.33. The maximum atomic E-state index is 10.5. The Kier molecular flexibility index (Phi) is 6.59. The van der Waals surface area contributed by atoms with Crippen molar-refractivity contribution in [3.8, 4) is 0 Å². The SMILES string of the molecule is CCCCCCCCC(O)c1ccccc1C1CCC1. The molecule has 112 valence electrons. The minimum Gasteiger partial charge on any atom is -0.388 e. The number of unbranched alkanes of at least 4 members (excludes halogenated alkanes) is 5. The Hall–Kier alpha value is -0.820. The molecule has 20 heavy (non-hydrogen) atoms. The molecule has 0 radical (unpaired) electrons. The Morgan fingerprint density at radius 3 is 2.45 bits per heavy atom. The zero-order valence-corrected chi connectivity index (χ0v) is 13.0. The third-order valence-corrected chi connectivity index (χ3v) is 4.73. The van der Waals surface area contributed by atoms with Crippen LogP contribution in [0.5, 0.6) is 0 Å². The van der Waals surface area contributed by atoms with Gasteiger partial charge < -0.3 is 5.11 Å². The molecule has 1 N–H and O–H groups in total. The van der Waals surface area contributed by atoms with Crippen LogP contribution in [-0.4, -0.2) is 5.11 Å². The smallest absolute Gasteiger partial charge is 0.0792 e. The lowest BCUT2D eigenvalue weighted by molar-refractivity contribution is 0.161. The fourth-order valence-electron chi connectivity index (χ4n) is 3.18. The van der Waals surface area contributed by atoms with Crippen molar-refractivity contribution in [1.29, 1.82) is 0 Å². The predicted octanol–water partition coefficient (Wildman–Crippen LogP) is 5.74. The van der Waals surface area contributed by atoms with E-state index in [2.05, 4.69) is 31.2 Å². The van der Waals surface area contributed by atoms with Crippen molar-refractivity contribution in [2.24, 2.45) is 0 Å². The van der Waals surface area contributed by atoms with Crippen LogP contribution in [0.15, 0.2) is 24.3 Å². The number of aliphatic hydroxyl groups is 1. The van der Waals surface area contributed by atoms with Crippen LogP contribution in [0.4, 0.5) is 0 Å². The summed E-state index contributed by atoms with van der Waals surface area (Å²) in [5.74, 6) is 0.713. The van der Waals surface area contributed by atoms with Crippen molar-refractivity contribution < 1.29 is 5.11 Å². The maximum absolute atomic E-state index is 10.5. The Bertz CT molecular complexity index is 381. The highest BCUT2D eigenvalue weighted by atomic mass is 16.3.